The van der Waals surface area contributed by atoms with Gasteiger partial charge in [-0.15, -0.1) is 0 Å². The fraction of sp³-hybridized carbons (Fsp3) is 0.375. The van der Waals surface area contributed by atoms with Crippen molar-refractivity contribution in [1.82, 2.24) is 20.1 Å². The average Bonchev–Trinajstić information content (AvgIpc) is 3.31. The normalized spacial score (nSPS) is 19.6. The van der Waals surface area contributed by atoms with Crippen LogP contribution in [0.5, 0.6) is 0 Å². The third-order valence-corrected chi connectivity index (χ3v) is 5.92. The van der Waals surface area contributed by atoms with Crippen LogP contribution in [0.2, 0.25) is 0 Å². The quantitative estimate of drug-likeness (QED) is 0.638. The number of likely N-dealkylation sites (N-methyl/N-ethyl adjacent to an activating group) is 2. The molecule has 2 aliphatic rings. The van der Waals surface area contributed by atoms with E-state index in [1.807, 2.05) is 25.1 Å². The van der Waals surface area contributed by atoms with E-state index in [-0.39, 0.29) is 17.8 Å². The first-order valence-corrected chi connectivity index (χ1v) is 11.3. The van der Waals surface area contributed by atoms with Crippen LogP contribution in [0.15, 0.2) is 53.7 Å². The smallest absolute Gasteiger partial charge is 0.328 e. The number of rotatable bonds is 8. The van der Waals surface area contributed by atoms with Crippen LogP contribution in [-0.2, 0) is 9.53 Å². The Morgan fingerprint density at radius 3 is 2.50 bits per heavy atom. The Kier molecular flexibility index (Phi) is 6.87. The lowest BCUT2D eigenvalue weighted by Crippen LogP contribution is -2.65. The number of carbonyl (C=O) groups is 3. The van der Waals surface area contributed by atoms with Crippen molar-refractivity contribution in [3.05, 3.63) is 59.8 Å². The van der Waals surface area contributed by atoms with Crippen LogP contribution in [0.4, 0.5) is 10.6 Å². The molecule has 2 aliphatic heterocycles. The third kappa shape index (κ3) is 4.24. The summed E-state index contributed by atoms with van der Waals surface area (Å²) in [4.78, 5) is 52.0. The molecule has 4 rings (SSSR count). The Balaban J connectivity index is 1.58. The Morgan fingerprint density at radius 1 is 1.12 bits per heavy atom. The number of aromatic nitrogens is 1. The van der Waals surface area contributed by atoms with E-state index in [2.05, 4.69) is 15.3 Å². The van der Waals surface area contributed by atoms with Gasteiger partial charge in [-0.1, -0.05) is 18.2 Å². The summed E-state index contributed by atoms with van der Waals surface area (Å²) in [6.07, 6.45) is 1.01. The van der Waals surface area contributed by atoms with Gasteiger partial charge in [0.05, 0.1) is 13.2 Å². The molecule has 3 heterocycles. The summed E-state index contributed by atoms with van der Waals surface area (Å²) in [5, 5.41) is 3.16. The van der Waals surface area contributed by atoms with Gasteiger partial charge in [0, 0.05) is 37.5 Å². The molecule has 10 heteroatoms. The number of amides is 4. The van der Waals surface area contributed by atoms with Crippen LogP contribution in [-0.4, -0.2) is 84.0 Å². The number of ether oxygens (including phenoxy) is 1. The van der Waals surface area contributed by atoms with Crippen LogP contribution in [0.3, 0.4) is 0 Å². The van der Waals surface area contributed by atoms with Gasteiger partial charge in [0.15, 0.2) is 6.17 Å². The van der Waals surface area contributed by atoms with Crippen molar-refractivity contribution >= 4 is 29.5 Å². The first kappa shape index (κ1) is 23.4. The largest absolute Gasteiger partial charge is 0.383 e. The third-order valence-electron chi connectivity index (χ3n) is 5.92. The maximum Gasteiger partial charge on any atom is 0.328 e. The van der Waals surface area contributed by atoms with Crippen LogP contribution >= 0.6 is 0 Å². The van der Waals surface area contributed by atoms with Gasteiger partial charge in [0.2, 0.25) is 0 Å². The number of methoxy groups -OCH3 is 1. The number of fused-ring (bicyclic) bond motifs is 1. The Hall–Kier alpha value is -3.79. The van der Waals surface area contributed by atoms with Crippen molar-refractivity contribution in [2.75, 3.05) is 38.3 Å². The molecular formula is C24H28N6O4. The van der Waals surface area contributed by atoms with E-state index in [1.54, 1.807) is 54.3 Å². The van der Waals surface area contributed by atoms with E-state index < -0.39 is 12.2 Å². The molecule has 178 valence electrons. The number of pyridine rings is 1. The first-order chi connectivity index (χ1) is 16.5. The number of aliphatic imine (C=N–C) groups is 1. The summed E-state index contributed by atoms with van der Waals surface area (Å²) >= 11 is 0. The highest BCUT2D eigenvalue weighted by atomic mass is 16.5. The zero-order valence-corrected chi connectivity index (χ0v) is 19.5. The second-order valence-electron chi connectivity index (χ2n) is 7.89. The van der Waals surface area contributed by atoms with Gasteiger partial charge in [-0.3, -0.25) is 24.3 Å². The van der Waals surface area contributed by atoms with Gasteiger partial charge < -0.3 is 10.1 Å². The summed E-state index contributed by atoms with van der Waals surface area (Å²) in [7, 11) is 1.58. The van der Waals surface area contributed by atoms with Crippen molar-refractivity contribution in [1.29, 1.82) is 0 Å². The average molecular weight is 465 g/mol. The molecule has 1 aromatic heterocycles. The molecule has 0 bridgehead atoms. The van der Waals surface area contributed by atoms with Crippen molar-refractivity contribution < 1.29 is 19.1 Å². The highest BCUT2D eigenvalue weighted by Crippen LogP contribution is 2.24. The summed E-state index contributed by atoms with van der Waals surface area (Å²) < 4.78 is 5.18. The number of imide groups is 1. The van der Waals surface area contributed by atoms with Crippen LogP contribution in [0.1, 0.15) is 29.8 Å². The summed E-state index contributed by atoms with van der Waals surface area (Å²) in [6.45, 7) is 5.08. The molecule has 4 amide bonds. The predicted molar refractivity (Wildman–Crippen MR) is 127 cm³/mol. The standard InChI is InChI=1S/C24H28N6O4/c1-4-28-21-19(23(32)29(5-2)24(28)33)26-20(27-21)17-11-12-18(25-15-17)30(13-14-34-3)22(31)16-9-7-6-8-10-16/h6-12,15,19,21H,4-5,13-14H2,1-3H3,(H,26,27). The summed E-state index contributed by atoms with van der Waals surface area (Å²) in [5.41, 5.74) is 1.22. The minimum Gasteiger partial charge on any atom is -0.383 e. The van der Waals surface area contributed by atoms with Crippen LogP contribution < -0.4 is 10.2 Å². The van der Waals surface area contributed by atoms with E-state index in [0.29, 0.717) is 49.0 Å². The first-order valence-electron chi connectivity index (χ1n) is 11.3. The molecule has 0 spiro atoms. The number of hydrogen-bond acceptors (Lipinski definition) is 7. The molecule has 0 aliphatic carbocycles. The van der Waals surface area contributed by atoms with Gasteiger partial charge in [-0.05, 0) is 38.1 Å². The molecule has 2 atom stereocenters. The van der Waals surface area contributed by atoms with E-state index in [0.717, 1.165) is 0 Å². The maximum atomic E-state index is 13.1. The van der Waals surface area contributed by atoms with Crippen molar-refractivity contribution in [2.24, 2.45) is 4.99 Å². The molecule has 0 saturated carbocycles. The lowest BCUT2D eigenvalue weighted by Gasteiger charge is -2.39. The number of amidine groups is 1. The lowest BCUT2D eigenvalue weighted by atomic mass is 10.1. The number of nitrogens with one attached hydrogen (secondary N) is 1. The van der Waals surface area contributed by atoms with Gasteiger partial charge in [0.25, 0.3) is 11.8 Å². The monoisotopic (exact) mass is 464 g/mol. The Morgan fingerprint density at radius 2 is 1.88 bits per heavy atom. The molecule has 2 aromatic rings. The zero-order valence-electron chi connectivity index (χ0n) is 19.5. The van der Waals surface area contributed by atoms with E-state index in [9.17, 15) is 14.4 Å². The van der Waals surface area contributed by atoms with Gasteiger partial charge >= 0.3 is 6.03 Å². The number of nitrogens with zero attached hydrogens (tertiary/aromatic N) is 5. The number of benzene rings is 1. The van der Waals surface area contributed by atoms with E-state index in [4.69, 9.17) is 4.74 Å². The van der Waals surface area contributed by atoms with Crippen molar-refractivity contribution in [3.63, 3.8) is 0 Å². The molecule has 1 saturated heterocycles. The van der Waals surface area contributed by atoms with Gasteiger partial charge in [0.1, 0.15) is 17.7 Å². The van der Waals surface area contributed by atoms with Crippen LogP contribution in [0.25, 0.3) is 0 Å². The number of hydrogen-bond donors (Lipinski definition) is 1. The predicted octanol–water partition coefficient (Wildman–Crippen LogP) is 1.72. The summed E-state index contributed by atoms with van der Waals surface area (Å²) in [6, 6.07) is 11.6. The highest BCUT2D eigenvalue weighted by molar-refractivity contribution is 6.09. The molecule has 10 nitrogen and oxygen atoms in total. The molecule has 0 radical (unpaired) electrons. The Labute approximate surface area is 198 Å². The van der Waals surface area contributed by atoms with Crippen molar-refractivity contribution in [3.8, 4) is 0 Å². The van der Waals surface area contributed by atoms with Crippen molar-refractivity contribution in [2.45, 2.75) is 26.1 Å². The molecule has 2 unspecified atom stereocenters. The second kappa shape index (κ2) is 10.0. The number of urea groups is 1. The maximum absolute atomic E-state index is 13.1. The minimum absolute atomic E-state index is 0.178. The second-order valence-corrected chi connectivity index (χ2v) is 7.89. The zero-order chi connectivity index (χ0) is 24.2. The number of anilines is 1. The van der Waals surface area contributed by atoms with Gasteiger partial charge in [-0.2, -0.15) is 0 Å². The molecule has 1 fully saturated rings. The molecule has 34 heavy (non-hydrogen) atoms. The minimum atomic E-state index is -0.634. The van der Waals surface area contributed by atoms with E-state index >= 15 is 0 Å². The lowest BCUT2D eigenvalue weighted by molar-refractivity contribution is -0.134. The number of carbonyl (C=O) groups excluding carboxylic acids is 3. The van der Waals surface area contributed by atoms with Gasteiger partial charge in [-0.25, -0.2) is 14.8 Å². The molecular weight excluding hydrogens is 436 g/mol. The highest BCUT2D eigenvalue weighted by Gasteiger charge is 2.48. The summed E-state index contributed by atoms with van der Waals surface area (Å²) in [5.74, 6) is 0.501. The topological polar surface area (TPSA) is 107 Å². The van der Waals surface area contributed by atoms with Crippen LogP contribution in [0, 0.1) is 0 Å². The fourth-order valence-corrected chi connectivity index (χ4v) is 4.13. The van der Waals surface area contributed by atoms with E-state index in [1.165, 1.54) is 4.90 Å². The SMILES string of the molecule is CCN1C(=O)C2NC(c3ccc(N(CCOC)C(=O)c4ccccc4)nc3)=NC2N(CC)C1=O. The Bertz CT molecular complexity index is 1090. The molecule has 1 N–H and O–H groups in total. The molecule has 1 aromatic carbocycles. The fourth-order valence-electron chi connectivity index (χ4n) is 4.13.